The Hall–Kier alpha value is -0.450. The Morgan fingerprint density at radius 2 is 2.05 bits per heavy atom. The van der Waals surface area contributed by atoms with Crippen LogP contribution >= 0.6 is 11.3 Å². The third-order valence-corrected chi connectivity index (χ3v) is 5.39. The summed E-state index contributed by atoms with van der Waals surface area (Å²) in [5, 5.41) is 3.51. The summed E-state index contributed by atoms with van der Waals surface area (Å²) in [7, 11) is 0. The highest BCUT2D eigenvalue weighted by Gasteiger charge is 2.24. The second kappa shape index (κ2) is 7.53. The van der Waals surface area contributed by atoms with E-state index in [1.807, 2.05) is 0 Å². The molecule has 0 aliphatic heterocycles. The lowest BCUT2D eigenvalue weighted by Crippen LogP contribution is -2.40. The van der Waals surface area contributed by atoms with Gasteiger partial charge in [0.05, 0.1) is 10.7 Å². The first-order valence-corrected chi connectivity index (χ1v) is 8.92. The average Bonchev–Trinajstić information content (AvgIpc) is 2.88. The van der Waals surface area contributed by atoms with Crippen molar-refractivity contribution in [2.45, 2.75) is 77.4 Å². The number of hydrogen-bond donors (Lipinski definition) is 1. The molecule has 0 atom stereocenters. The molecule has 0 unspecified atom stereocenters. The molecule has 20 heavy (non-hydrogen) atoms. The molecular formula is C16H29N3S. The molecule has 1 fully saturated rings. The number of rotatable bonds is 6. The molecule has 1 aromatic heterocycles. The molecule has 114 valence electrons. The van der Waals surface area contributed by atoms with Gasteiger partial charge < -0.3 is 5.73 Å². The zero-order chi connectivity index (χ0) is 14.5. The standard InChI is InChI=1S/C16H29N3S/c1-4-9-19(15-7-5-13(17)6-8-15)10-14-11-20-16(18-14)12(2)3/h11-13,15H,4-10,17H2,1-3H3. The zero-order valence-electron chi connectivity index (χ0n) is 13.1. The van der Waals surface area contributed by atoms with Crippen LogP contribution in [0.15, 0.2) is 5.38 Å². The van der Waals surface area contributed by atoms with Crippen LogP contribution in [0, 0.1) is 0 Å². The van der Waals surface area contributed by atoms with E-state index < -0.39 is 0 Å². The Bertz CT molecular complexity index is 394. The Morgan fingerprint density at radius 3 is 2.60 bits per heavy atom. The van der Waals surface area contributed by atoms with Crippen molar-refractivity contribution in [2.24, 2.45) is 5.73 Å². The molecule has 4 heteroatoms. The van der Waals surface area contributed by atoms with Gasteiger partial charge in [0.2, 0.25) is 0 Å². The van der Waals surface area contributed by atoms with Crippen molar-refractivity contribution < 1.29 is 0 Å². The summed E-state index contributed by atoms with van der Waals surface area (Å²) in [6.07, 6.45) is 6.08. The Kier molecular flexibility index (Phi) is 6.00. The molecule has 1 saturated carbocycles. The lowest BCUT2D eigenvalue weighted by molar-refractivity contribution is 0.140. The summed E-state index contributed by atoms with van der Waals surface area (Å²) < 4.78 is 0. The Labute approximate surface area is 127 Å². The van der Waals surface area contributed by atoms with Crippen LogP contribution in [0.3, 0.4) is 0 Å². The van der Waals surface area contributed by atoms with Gasteiger partial charge in [-0.1, -0.05) is 20.8 Å². The number of thiazole rings is 1. The SMILES string of the molecule is CCCN(Cc1csc(C(C)C)n1)C1CCC(N)CC1. The molecular weight excluding hydrogens is 266 g/mol. The largest absolute Gasteiger partial charge is 0.328 e. The monoisotopic (exact) mass is 295 g/mol. The van der Waals surface area contributed by atoms with E-state index >= 15 is 0 Å². The highest BCUT2D eigenvalue weighted by Crippen LogP contribution is 2.25. The second-order valence-electron chi connectivity index (χ2n) is 6.37. The smallest absolute Gasteiger partial charge is 0.0954 e. The van der Waals surface area contributed by atoms with E-state index in [9.17, 15) is 0 Å². The first-order valence-electron chi connectivity index (χ1n) is 8.04. The van der Waals surface area contributed by atoms with Crippen LogP contribution in [0.2, 0.25) is 0 Å². The minimum Gasteiger partial charge on any atom is -0.328 e. The fourth-order valence-electron chi connectivity index (χ4n) is 3.01. The van der Waals surface area contributed by atoms with Crippen molar-refractivity contribution in [1.82, 2.24) is 9.88 Å². The van der Waals surface area contributed by atoms with Crippen LogP contribution in [0.1, 0.15) is 69.5 Å². The van der Waals surface area contributed by atoms with E-state index in [1.165, 1.54) is 49.4 Å². The van der Waals surface area contributed by atoms with E-state index in [-0.39, 0.29) is 0 Å². The molecule has 1 heterocycles. The average molecular weight is 295 g/mol. The van der Waals surface area contributed by atoms with Gasteiger partial charge in [-0.25, -0.2) is 4.98 Å². The summed E-state index contributed by atoms with van der Waals surface area (Å²) in [6, 6.07) is 1.14. The van der Waals surface area contributed by atoms with Gasteiger partial charge in [0.1, 0.15) is 0 Å². The first-order chi connectivity index (χ1) is 9.60. The van der Waals surface area contributed by atoms with Crippen LogP contribution < -0.4 is 5.73 Å². The fraction of sp³-hybridized carbons (Fsp3) is 0.812. The molecule has 0 saturated heterocycles. The lowest BCUT2D eigenvalue weighted by atomic mass is 9.90. The highest BCUT2D eigenvalue weighted by atomic mass is 32.1. The predicted octanol–water partition coefficient (Wildman–Crippen LogP) is 3.75. The van der Waals surface area contributed by atoms with Crippen molar-refractivity contribution in [3.8, 4) is 0 Å². The fourth-order valence-corrected chi connectivity index (χ4v) is 3.84. The second-order valence-corrected chi connectivity index (χ2v) is 7.26. The van der Waals surface area contributed by atoms with Gasteiger partial charge in [-0.05, 0) is 38.6 Å². The van der Waals surface area contributed by atoms with Crippen molar-refractivity contribution in [2.75, 3.05) is 6.54 Å². The van der Waals surface area contributed by atoms with E-state index in [4.69, 9.17) is 10.7 Å². The number of aromatic nitrogens is 1. The highest BCUT2D eigenvalue weighted by molar-refractivity contribution is 7.09. The van der Waals surface area contributed by atoms with Gasteiger partial charge in [0.25, 0.3) is 0 Å². The molecule has 0 bridgehead atoms. The maximum Gasteiger partial charge on any atom is 0.0954 e. The summed E-state index contributed by atoms with van der Waals surface area (Å²) in [5.74, 6) is 0.543. The van der Waals surface area contributed by atoms with Gasteiger partial charge in [0.15, 0.2) is 0 Å². The zero-order valence-corrected chi connectivity index (χ0v) is 14.0. The van der Waals surface area contributed by atoms with Gasteiger partial charge in [0, 0.05) is 29.9 Å². The first kappa shape index (κ1) is 15.9. The molecule has 1 aliphatic rings. The molecule has 0 amide bonds. The minimum atomic E-state index is 0.432. The maximum atomic E-state index is 6.03. The van der Waals surface area contributed by atoms with Crippen LogP contribution in [-0.2, 0) is 6.54 Å². The van der Waals surface area contributed by atoms with E-state index in [0.29, 0.717) is 18.0 Å². The minimum absolute atomic E-state index is 0.432. The molecule has 1 aliphatic carbocycles. The van der Waals surface area contributed by atoms with Gasteiger partial charge in [-0.15, -0.1) is 11.3 Å². The van der Waals surface area contributed by atoms with Gasteiger partial charge in [-0.3, -0.25) is 4.90 Å². The van der Waals surface area contributed by atoms with Crippen molar-refractivity contribution in [1.29, 1.82) is 0 Å². The van der Waals surface area contributed by atoms with Crippen molar-refractivity contribution >= 4 is 11.3 Å². The Morgan fingerprint density at radius 1 is 1.35 bits per heavy atom. The third-order valence-electron chi connectivity index (χ3n) is 4.20. The third kappa shape index (κ3) is 4.27. The molecule has 3 nitrogen and oxygen atoms in total. The van der Waals surface area contributed by atoms with Crippen molar-refractivity contribution in [3.05, 3.63) is 16.1 Å². The van der Waals surface area contributed by atoms with Gasteiger partial charge in [-0.2, -0.15) is 0 Å². The normalized spacial score (nSPS) is 23.7. The molecule has 1 aromatic rings. The molecule has 0 spiro atoms. The number of hydrogen-bond acceptors (Lipinski definition) is 4. The topological polar surface area (TPSA) is 42.2 Å². The van der Waals surface area contributed by atoms with Crippen LogP contribution in [-0.4, -0.2) is 28.5 Å². The molecule has 0 radical (unpaired) electrons. The predicted molar refractivity (Wildman–Crippen MR) is 87.1 cm³/mol. The quantitative estimate of drug-likeness (QED) is 0.869. The summed E-state index contributed by atoms with van der Waals surface area (Å²) in [6.45, 7) is 8.89. The van der Waals surface area contributed by atoms with Crippen LogP contribution in [0.5, 0.6) is 0 Å². The lowest BCUT2D eigenvalue weighted by Gasteiger charge is -2.35. The van der Waals surface area contributed by atoms with Gasteiger partial charge >= 0.3 is 0 Å². The maximum absolute atomic E-state index is 6.03. The number of nitrogens with zero attached hydrogens (tertiary/aromatic N) is 2. The van der Waals surface area contributed by atoms with Crippen molar-refractivity contribution in [3.63, 3.8) is 0 Å². The van der Waals surface area contributed by atoms with E-state index in [0.717, 1.165) is 6.54 Å². The van der Waals surface area contributed by atoms with E-state index in [1.54, 1.807) is 11.3 Å². The van der Waals surface area contributed by atoms with Crippen LogP contribution in [0.25, 0.3) is 0 Å². The Balaban J connectivity index is 1.97. The summed E-state index contributed by atoms with van der Waals surface area (Å²) in [4.78, 5) is 7.42. The molecule has 0 aromatic carbocycles. The number of nitrogens with two attached hydrogens (primary N) is 1. The van der Waals surface area contributed by atoms with Crippen LogP contribution in [0.4, 0.5) is 0 Å². The van der Waals surface area contributed by atoms with E-state index in [2.05, 4.69) is 31.1 Å². The summed E-state index contributed by atoms with van der Waals surface area (Å²) >= 11 is 1.81. The summed E-state index contributed by atoms with van der Waals surface area (Å²) in [5.41, 5.74) is 7.28. The molecule has 2 N–H and O–H groups in total. The molecule has 2 rings (SSSR count).